The van der Waals surface area contributed by atoms with Gasteiger partial charge in [0, 0.05) is 40.1 Å². The van der Waals surface area contributed by atoms with Crippen molar-refractivity contribution in [3.8, 4) is 0 Å². The summed E-state index contributed by atoms with van der Waals surface area (Å²) in [4.78, 5) is 5.60. The molecular formula is C63H68N2OS2. The average Bonchev–Trinajstić information content (AvgIpc) is 3.67. The molecule has 2 aliphatic rings. The molecule has 3 nitrogen and oxygen atoms in total. The molecule has 68 heavy (non-hydrogen) atoms. The van der Waals surface area contributed by atoms with Gasteiger partial charge in [-0.1, -0.05) is 136 Å². The van der Waals surface area contributed by atoms with Crippen LogP contribution in [0.5, 0.6) is 0 Å². The van der Waals surface area contributed by atoms with Crippen LogP contribution in [-0.4, -0.2) is 12.0 Å². The van der Waals surface area contributed by atoms with Crippen molar-refractivity contribution in [2.75, 3.05) is 10.1 Å². The van der Waals surface area contributed by atoms with Gasteiger partial charge < -0.3 is 4.42 Å². The maximum Gasteiger partial charge on any atom is 0.142 e. The van der Waals surface area contributed by atoms with Crippen molar-refractivity contribution in [3.63, 3.8) is 0 Å². The molecule has 5 heteroatoms. The van der Waals surface area contributed by atoms with Crippen LogP contribution in [0.4, 0.5) is 5.69 Å². The zero-order chi connectivity index (χ0) is 48.2. The molecule has 1 unspecified atom stereocenters. The number of allylic oxidation sites excluding steroid dienone is 9. The number of aryl methyl sites for hydroxylation is 2. The Labute approximate surface area is 416 Å². The van der Waals surface area contributed by atoms with E-state index >= 15 is 0 Å². The first-order chi connectivity index (χ1) is 33.1. The minimum atomic E-state index is -0.0256. The predicted octanol–water partition coefficient (Wildman–Crippen LogP) is 16.2. The highest BCUT2D eigenvalue weighted by molar-refractivity contribution is 8.00. The molecular weight excluding hydrogens is 865 g/mol. The van der Waals surface area contributed by atoms with E-state index in [1.54, 1.807) is 6.08 Å². The standard InChI is InChI=1S/C63H68N2OS2/c1-10-26-50(60-57-40-49(34-35-56(57)63(60)67)47-29-19-16-15-17-24-36-65(68-37-25-31-47)52-32-20-18-21-33-52)42-64-61(45(8)39-48-30-23-22-28-43(48)6)58-41-51(38-44(7)55(58)27-11-2)54(13-4)62-53(12-3)46(9)59(14-5)66-62/h10,12-14,18,20-26,28-36,38,40-42,63,67H,4-5,11,15-17,19,27,37,39H2,1-3,6-9H3/b26-10-,31-25-,36-24-,47-29+,53-12-,60-50+,61-45-,62-54-,64-42+. The van der Waals surface area contributed by atoms with Crippen LogP contribution in [0.1, 0.15) is 126 Å². The Morgan fingerprint density at radius 2 is 1.71 bits per heavy atom. The number of hydrogen-bond acceptors (Lipinski definition) is 5. The van der Waals surface area contributed by atoms with Crippen molar-refractivity contribution in [1.29, 1.82) is 0 Å². The van der Waals surface area contributed by atoms with Crippen LogP contribution in [0.3, 0.4) is 0 Å². The fourth-order valence-corrected chi connectivity index (χ4v) is 10.7. The molecule has 0 bridgehead atoms. The van der Waals surface area contributed by atoms with Crippen LogP contribution in [0.2, 0.25) is 0 Å². The molecule has 7 rings (SSSR count). The number of furan rings is 1. The highest BCUT2D eigenvalue weighted by Gasteiger charge is 2.31. The average molecular weight is 933 g/mol. The maximum atomic E-state index is 6.51. The van der Waals surface area contributed by atoms with E-state index in [0.29, 0.717) is 0 Å². The molecule has 0 radical (unpaired) electrons. The second kappa shape index (κ2) is 23.8. The van der Waals surface area contributed by atoms with Crippen LogP contribution in [0.25, 0.3) is 34.6 Å². The molecule has 0 N–H and O–H groups in total. The van der Waals surface area contributed by atoms with Gasteiger partial charge in [-0.05, 0) is 189 Å². The molecule has 1 aliphatic heterocycles. The van der Waals surface area contributed by atoms with E-state index in [1.807, 2.05) is 18.0 Å². The zero-order valence-electron chi connectivity index (χ0n) is 41.2. The molecule has 2 heterocycles. The Morgan fingerprint density at radius 3 is 2.44 bits per heavy atom. The number of anilines is 1. The van der Waals surface area contributed by atoms with Crippen molar-refractivity contribution in [2.24, 2.45) is 4.99 Å². The van der Waals surface area contributed by atoms with Crippen LogP contribution in [-0.2, 0) is 12.8 Å². The molecule has 0 saturated heterocycles. The number of nitrogens with zero attached hydrogens (tertiary/aromatic N) is 2. The summed E-state index contributed by atoms with van der Waals surface area (Å²) in [6.45, 7) is 23.5. The summed E-state index contributed by atoms with van der Waals surface area (Å²) < 4.78 is 8.80. The van der Waals surface area contributed by atoms with Gasteiger partial charge >= 0.3 is 0 Å². The van der Waals surface area contributed by atoms with Crippen LogP contribution >= 0.6 is 24.6 Å². The van der Waals surface area contributed by atoms with E-state index < -0.39 is 0 Å². The fourth-order valence-electron chi connectivity index (χ4n) is 9.44. The lowest BCUT2D eigenvalue weighted by Crippen LogP contribution is -2.24. The maximum absolute atomic E-state index is 6.51. The first-order valence-corrected chi connectivity index (χ1v) is 25.8. The number of benzene rings is 4. The van der Waals surface area contributed by atoms with Crippen LogP contribution in [0, 0.1) is 20.8 Å². The van der Waals surface area contributed by atoms with Crippen molar-refractivity contribution < 1.29 is 4.42 Å². The van der Waals surface area contributed by atoms with Gasteiger partial charge in [0.1, 0.15) is 11.2 Å². The summed E-state index contributed by atoms with van der Waals surface area (Å²) in [6, 6.07) is 30.9. The van der Waals surface area contributed by atoms with Gasteiger partial charge in [-0.2, -0.15) is 12.6 Å². The summed E-state index contributed by atoms with van der Waals surface area (Å²) in [6.07, 6.45) is 30.9. The second-order valence-corrected chi connectivity index (χ2v) is 19.3. The second-order valence-electron chi connectivity index (χ2n) is 17.8. The quantitative estimate of drug-likeness (QED) is 0.0724. The summed E-state index contributed by atoms with van der Waals surface area (Å²) in [7, 11) is 0. The molecule has 348 valence electrons. The minimum Gasteiger partial charge on any atom is -0.456 e. The Morgan fingerprint density at radius 1 is 0.926 bits per heavy atom. The number of aliphatic imine (C=N–C) groups is 1. The van der Waals surface area contributed by atoms with E-state index in [9.17, 15) is 0 Å². The van der Waals surface area contributed by atoms with Crippen LogP contribution in [0.15, 0.2) is 167 Å². The third-order valence-electron chi connectivity index (χ3n) is 13.1. The zero-order valence-corrected chi connectivity index (χ0v) is 43.0. The van der Waals surface area contributed by atoms with Crippen molar-refractivity contribution in [1.82, 2.24) is 0 Å². The van der Waals surface area contributed by atoms with Crippen molar-refractivity contribution in [2.45, 2.75) is 98.7 Å². The molecule has 5 aromatic rings. The third kappa shape index (κ3) is 11.3. The highest BCUT2D eigenvalue weighted by atomic mass is 32.2. The van der Waals surface area contributed by atoms with Crippen molar-refractivity contribution >= 4 is 71.0 Å². The molecule has 1 aliphatic carbocycles. The summed E-state index contributed by atoms with van der Waals surface area (Å²) in [5.74, 6) is 1.64. The van der Waals surface area contributed by atoms with E-state index in [-0.39, 0.29) is 5.25 Å². The molecule has 4 aromatic carbocycles. The molecule has 1 aromatic heterocycles. The molecule has 0 amide bonds. The van der Waals surface area contributed by atoms with Gasteiger partial charge in [0.15, 0.2) is 0 Å². The SMILES string of the molecule is C=C/C(c1cc(C)c(CCC)c(C(/N=C/C(/C=C\C)=C2\c3cc(C4=C/CCCC/C=C\N(c5ccccc5)SC/C=C\4)ccc3C2S)=C(\C)Cc2ccccc2C)c1)=c1/oc(C=C)c(C)/c1=C/C. The lowest BCUT2D eigenvalue weighted by atomic mass is 9.78. The normalized spacial score (nSPS) is 19.2. The lowest BCUT2D eigenvalue weighted by molar-refractivity contribution is 0.519. The summed E-state index contributed by atoms with van der Waals surface area (Å²) in [5.41, 5.74) is 20.7. The van der Waals surface area contributed by atoms with E-state index in [1.165, 1.54) is 61.4 Å². The third-order valence-corrected chi connectivity index (χ3v) is 14.6. The fraction of sp³-hybridized carbons (Fsp3) is 0.254. The van der Waals surface area contributed by atoms with Gasteiger partial charge in [0.25, 0.3) is 0 Å². The molecule has 0 saturated carbocycles. The Kier molecular flexibility index (Phi) is 17.5. The van der Waals surface area contributed by atoms with Gasteiger partial charge in [-0.25, -0.2) is 0 Å². The monoisotopic (exact) mass is 932 g/mol. The number of rotatable bonds is 13. The Bertz CT molecular complexity index is 3000. The first kappa shape index (κ1) is 49.9. The van der Waals surface area contributed by atoms with Gasteiger partial charge in [0.2, 0.25) is 0 Å². The number of thiol groups is 1. The topological polar surface area (TPSA) is 28.7 Å². The molecule has 0 fully saturated rings. The van der Waals surface area contributed by atoms with Gasteiger partial charge in [-0.15, -0.1) is 0 Å². The molecule has 1 atom stereocenters. The predicted molar refractivity (Wildman–Crippen MR) is 303 cm³/mol. The van der Waals surface area contributed by atoms with Crippen molar-refractivity contribution in [3.05, 3.63) is 230 Å². The minimum absolute atomic E-state index is 0.0256. The van der Waals surface area contributed by atoms with E-state index in [2.05, 4.69) is 206 Å². The largest absolute Gasteiger partial charge is 0.456 e. The van der Waals surface area contributed by atoms with E-state index in [4.69, 9.17) is 22.0 Å². The summed E-state index contributed by atoms with van der Waals surface area (Å²) in [5, 5.41) is 1.03. The van der Waals surface area contributed by atoms with Crippen LogP contribution < -0.4 is 14.9 Å². The first-order valence-electron chi connectivity index (χ1n) is 24.3. The lowest BCUT2D eigenvalue weighted by Gasteiger charge is -2.32. The smallest absolute Gasteiger partial charge is 0.142 e. The number of fused-ring (bicyclic) bond motifs is 1. The Balaban J connectivity index is 1.34. The summed E-state index contributed by atoms with van der Waals surface area (Å²) >= 11 is 7.06. The number of para-hydroxylation sites is 1. The van der Waals surface area contributed by atoms with Gasteiger partial charge in [-0.3, -0.25) is 9.30 Å². The highest BCUT2D eigenvalue weighted by Crippen LogP contribution is 2.51. The van der Waals surface area contributed by atoms with E-state index in [0.717, 1.165) is 101 Å². The number of hydrogen-bond donors (Lipinski definition) is 1. The molecule has 0 spiro atoms. The Hall–Kier alpha value is -6.01. The van der Waals surface area contributed by atoms with Gasteiger partial charge in [0.05, 0.1) is 16.6 Å².